The van der Waals surface area contributed by atoms with Gasteiger partial charge in [0.15, 0.2) is 11.6 Å². The van der Waals surface area contributed by atoms with E-state index in [1.165, 1.54) is 18.7 Å². The number of dihydropyridines is 1. The van der Waals surface area contributed by atoms with E-state index in [0.29, 0.717) is 32.5 Å². The largest absolute Gasteiger partial charge is 0.353 e. The highest BCUT2D eigenvalue weighted by Crippen LogP contribution is 2.41. The first-order chi connectivity index (χ1) is 14.3. The molecule has 4 nitrogen and oxygen atoms in total. The summed E-state index contributed by atoms with van der Waals surface area (Å²) in [5.41, 5.74) is 4.19. The molecule has 1 heterocycles. The minimum Gasteiger partial charge on any atom is -0.353 e. The average Bonchev–Trinajstić information content (AvgIpc) is 2.72. The smallest absolute Gasteiger partial charge is 0.173 e. The number of thioether (sulfide) groups is 1. The molecule has 2 aromatic carbocycles. The zero-order valence-corrected chi connectivity index (χ0v) is 18.5. The number of hydrogen-bond donors (Lipinski definition) is 1. The van der Waals surface area contributed by atoms with Crippen LogP contribution in [-0.4, -0.2) is 17.3 Å². The third-order valence-corrected chi connectivity index (χ3v) is 6.22. The van der Waals surface area contributed by atoms with Gasteiger partial charge < -0.3 is 5.32 Å². The number of nitrogens with zero attached hydrogens (tertiary/aromatic N) is 1. The monoisotopic (exact) mass is 436 g/mol. The molecule has 0 unspecified atom stereocenters. The summed E-state index contributed by atoms with van der Waals surface area (Å²) in [6.07, 6.45) is 0. The molecule has 6 heteroatoms. The number of allylic oxidation sites excluding steroid dienone is 3. The van der Waals surface area contributed by atoms with E-state index in [0.717, 1.165) is 11.1 Å². The van der Waals surface area contributed by atoms with E-state index >= 15 is 0 Å². The summed E-state index contributed by atoms with van der Waals surface area (Å²) in [5, 5.41) is 14.3. The highest BCUT2D eigenvalue weighted by atomic mass is 35.5. The molecule has 0 saturated heterocycles. The Morgan fingerprint density at radius 1 is 1.10 bits per heavy atom. The van der Waals surface area contributed by atoms with Crippen molar-refractivity contribution in [3.05, 3.63) is 92.1 Å². The zero-order chi connectivity index (χ0) is 21.8. The van der Waals surface area contributed by atoms with Crippen molar-refractivity contribution in [2.75, 3.05) is 5.75 Å². The normalized spacial score (nSPS) is 16.2. The van der Waals surface area contributed by atoms with Gasteiger partial charge in [0.2, 0.25) is 0 Å². The summed E-state index contributed by atoms with van der Waals surface area (Å²) in [6, 6.07) is 16.8. The second-order valence-electron chi connectivity index (χ2n) is 7.14. The molecule has 1 aliphatic heterocycles. The van der Waals surface area contributed by atoms with Crippen LogP contribution in [0.3, 0.4) is 0 Å². The van der Waals surface area contributed by atoms with Crippen LogP contribution >= 0.6 is 23.4 Å². The number of nitrogens with one attached hydrogen (secondary N) is 1. The highest BCUT2D eigenvalue weighted by molar-refractivity contribution is 8.03. The second-order valence-corrected chi connectivity index (χ2v) is 8.56. The Labute approximate surface area is 185 Å². The number of carbonyl (C=O) groups is 2. The van der Waals surface area contributed by atoms with E-state index in [1.807, 2.05) is 50.2 Å². The van der Waals surface area contributed by atoms with Crippen molar-refractivity contribution in [2.24, 2.45) is 0 Å². The lowest BCUT2D eigenvalue weighted by atomic mass is 9.81. The number of benzene rings is 2. The topological polar surface area (TPSA) is 70.0 Å². The molecule has 1 aliphatic rings. The van der Waals surface area contributed by atoms with Crippen LogP contribution in [0, 0.1) is 18.3 Å². The highest BCUT2D eigenvalue weighted by Gasteiger charge is 2.33. The van der Waals surface area contributed by atoms with Gasteiger partial charge in [0, 0.05) is 21.9 Å². The Balaban J connectivity index is 1.94. The summed E-state index contributed by atoms with van der Waals surface area (Å²) < 4.78 is 0. The number of carbonyl (C=O) groups excluding carboxylic acids is 2. The Hall–Kier alpha value is -2.81. The first-order valence-electron chi connectivity index (χ1n) is 9.43. The van der Waals surface area contributed by atoms with Crippen LogP contribution in [0.4, 0.5) is 0 Å². The van der Waals surface area contributed by atoms with Gasteiger partial charge in [-0.25, -0.2) is 0 Å². The van der Waals surface area contributed by atoms with Crippen molar-refractivity contribution in [1.82, 2.24) is 5.32 Å². The summed E-state index contributed by atoms with van der Waals surface area (Å²) >= 11 is 7.30. The summed E-state index contributed by atoms with van der Waals surface area (Å²) in [7, 11) is 0. The van der Waals surface area contributed by atoms with Gasteiger partial charge in [-0.1, -0.05) is 65.3 Å². The molecular formula is C24H21ClN2O2S. The first-order valence-corrected chi connectivity index (χ1v) is 10.8. The fourth-order valence-electron chi connectivity index (χ4n) is 3.44. The Bertz CT molecular complexity index is 1090. The molecule has 2 aromatic rings. The molecular weight excluding hydrogens is 416 g/mol. The summed E-state index contributed by atoms with van der Waals surface area (Å²) in [6.45, 7) is 5.28. The Morgan fingerprint density at radius 3 is 2.30 bits per heavy atom. The van der Waals surface area contributed by atoms with Crippen LogP contribution in [0.2, 0.25) is 5.02 Å². The molecule has 0 spiro atoms. The lowest BCUT2D eigenvalue weighted by Gasteiger charge is -2.29. The summed E-state index contributed by atoms with van der Waals surface area (Å²) in [4.78, 5) is 25.0. The van der Waals surface area contributed by atoms with Crippen molar-refractivity contribution in [2.45, 2.75) is 26.7 Å². The third kappa shape index (κ3) is 4.67. The van der Waals surface area contributed by atoms with Crippen molar-refractivity contribution < 1.29 is 9.59 Å². The zero-order valence-electron chi connectivity index (χ0n) is 17.0. The predicted molar refractivity (Wildman–Crippen MR) is 121 cm³/mol. The Morgan fingerprint density at radius 2 is 1.73 bits per heavy atom. The SMILES string of the molecule is CC(=O)C1=C(C)NC(SCC(=O)c2ccc(C)cc2)=C(C#N)[C@H]1c1ccc(Cl)cc1. The minimum absolute atomic E-state index is 0.0198. The molecule has 3 rings (SSSR count). The summed E-state index contributed by atoms with van der Waals surface area (Å²) in [5.74, 6) is -0.434. The van der Waals surface area contributed by atoms with Crippen molar-refractivity contribution >= 4 is 34.9 Å². The number of nitriles is 1. The average molecular weight is 437 g/mol. The van der Waals surface area contributed by atoms with Crippen LogP contribution in [0.25, 0.3) is 0 Å². The number of hydrogen-bond acceptors (Lipinski definition) is 5. The van der Waals surface area contributed by atoms with E-state index in [9.17, 15) is 14.9 Å². The molecule has 0 aliphatic carbocycles. The van der Waals surface area contributed by atoms with Gasteiger partial charge >= 0.3 is 0 Å². The molecule has 0 radical (unpaired) electrons. The van der Waals surface area contributed by atoms with E-state index in [1.54, 1.807) is 12.1 Å². The molecule has 30 heavy (non-hydrogen) atoms. The Kier molecular flexibility index (Phi) is 6.81. The number of ketones is 2. The molecule has 152 valence electrons. The number of halogens is 1. The lowest BCUT2D eigenvalue weighted by Crippen LogP contribution is -2.27. The van der Waals surface area contributed by atoms with Gasteiger partial charge in [-0.15, -0.1) is 0 Å². The van der Waals surface area contributed by atoms with Crippen molar-refractivity contribution in [1.29, 1.82) is 5.26 Å². The van der Waals surface area contributed by atoms with Gasteiger partial charge in [0.25, 0.3) is 0 Å². The maximum absolute atomic E-state index is 12.6. The van der Waals surface area contributed by atoms with Crippen molar-refractivity contribution in [3.8, 4) is 6.07 Å². The molecule has 0 saturated carbocycles. The quantitative estimate of drug-likeness (QED) is 0.601. The molecule has 0 bridgehead atoms. The van der Waals surface area contributed by atoms with Crippen LogP contribution in [0.1, 0.15) is 41.3 Å². The fraction of sp³-hybridized carbons (Fsp3) is 0.208. The molecule has 0 amide bonds. The molecule has 0 fully saturated rings. The van der Waals surface area contributed by atoms with Crippen LogP contribution in [0.15, 0.2) is 70.4 Å². The van der Waals surface area contributed by atoms with Crippen LogP contribution < -0.4 is 5.32 Å². The van der Waals surface area contributed by atoms with Gasteiger partial charge in [0.1, 0.15) is 0 Å². The fourth-order valence-corrected chi connectivity index (χ4v) is 4.55. The van der Waals surface area contributed by atoms with E-state index in [2.05, 4.69) is 11.4 Å². The maximum atomic E-state index is 12.6. The first kappa shape index (κ1) is 21.9. The maximum Gasteiger partial charge on any atom is 0.173 e. The van der Waals surface area contributed by atoms with Gasteiger partial charge in [0.05, 0.1) is 28.3 Å². The number of Topliss-reactive ketones (excluding diaryl/α,β-unsaturated/α-hetero) is 2. The lowest BCUT2D eigenvalue weighted by molar-refractivity contribution is -0.113. The van der Waals surface area contributed by atoms with Gasteiger partial charge in [-0.05, 0) is 38.5 Å². The second kappa shape index (κ2) is 9.34. The molecule has 1 N–H and O–H groups in total. The number of aryl methyl sites for hydroxylation is 1. The minimum atomic E-state index is -0.497. The van der Waals surface area contributed by atoms with E-state index < -0.39 is 5.92 Å². The van der Waals surface area contributed by atoms with Crippen LogP contribution in [0.5, 0.6) is 0 Å². The van der Waals surface area contributed by atoms with E-state index in [-0.39, 0.29) is 17.3 Å². The molecule has 1 atom stereocenters. The van der Waals surface area contributed by atoms with E-state index in [4.69, 9.17) is 11.6 Å². The predicted octanol–water partition coefficient (Wildman–Crippen LogP) is 5.55. The standard InChI is InChI=1S/C24H21ClN2O2S/c1-14-4-6-17(7-5-14)21(29)13-30-24-20(12-26)23(18-8-10-19(25)11-9-18)22(16(3)28)15(2)27-24/h4-11,23,27H,13H2,1-3H3/t23-/m1/s1. The number of rotatable bonds is 6. The third-order valence-electron chi connectivity index (χ3n) is 4.95. The van der Waals surface area contributed by atoms with Crippen LogP contribution in [-0.2, 0) is 4.79 Å². The van der Waals surface area contributed by atoms with Crippen molar-refractivity contribution in [3.63, 3.8) is 0 Å². The molecule has 0 aromatic heterocycles. The van der Waals surface area contributed by atoms with Gasteiger partial charge in [-0.2, -0.15) is 5.26 Å². The van der Waals surface area contributed by atoms with Gasteiger partial charge in [-0.3, -0.25) is 9.59 Å².